The zero-order chi connectivity index (χ0) is 22.2. The molecule has 3 heterocycles. The fourth-order valence-electron chi connectivity index (χ4n) is 3.60. The van der Waals surface area contributed by atoms with Gasteiger partial charge in [-0.3, -0.25) is 9.36 Å². The molecule has 0 aliphatic heterocycles. The lowest BCUT2D eigenvalue weighted by Gasteiger charge is -2.09. The van der Waals surface area contributed by atoms with E-state index in [4.69, 9.17) is 4.74 Å². The number of fused-ring (bicyclic) bond motifs is 2. The molecule has 0 unspecified atom stereocenters. The molecule has 0 atom stereocenters. The molecular formula is C24H17FN4O3. The van der Waals surface area contributed by atoms with Gasteiger partial charge in [0.25, 0.3) is 5.56 Å². The number of esters is 1. The third-order valence-electron chi connectivity index (χ3n) is 5.27. The Bertz CT molecular complexity index is 1540. The maximum Gasteiger partial charge on any atom is 0.358 e. The molecule has 0 spiro atoms. The zero-order valence-corrected chi connectivity index (χ0v) is 17.0. The van der Waals surface area contributed by atoms with Gasteiger partial charge in [0.2, 0.25) is 0 Å². The van der Waals surface area contributed by atoms with Gasteiger partial charge in [-0.1, -0.05) is 18.2 Å². The Balaban J connectivity index is 1.54. The first-order valence-corrected chi connectivity index (χ1v) is 9.83. The minimum atomic E-state index is -0.506. The molecule has 0 radical (unpaired) electrons. The molecule has 158 valence electrons. The van der Waals surface area contributed by atoms with Crippen molar-refractivity contribution in [1.82, 2.24) is 18.9 Å². The van der Waals surface area contributed by atoms with Crippen LogP contribution in [0.15, 0.2) is 78.1 Å². The molecule has 0 bridgehead atoms. The number of carbonyl (C=O) groups is 1. The Hall–Kier alpha value is -4.33. The van der Waals surface area contributed by atoms with E-state index in [1.165, 1.54) is 30.1 Å². The topological polar surface area (TPSA) is 78.5 Å². The lowest BCUT2D eigenvalue weighted by Crippen LogP contribution is -2.21. The first-order chi connectivity index (χ1) is 15.5. The second-order valence-corrected chi connectivity index (χ2v) is 7.34. The summed E-state index contributed by atoms with van der Waals surface area (Å²) in [5.74, 6) is -0.829. The monoisotopic (exact) mass is 428 g/mol. The van der Waals surface area contributed by atoms with Crippen molar-refractivity contribution < 1.29 is 13.9 Å². The normalized spacial score (nSPS) is 11.2. The first kappa shape index (κ1) is 19.6. The van der Waals surface area contributed by atoms with E-state index in [0.717, 1.165) is 16.7 Å². The summed E-state index contributed by atoms with van der Waals surface area (Å²) in [6, 6.07) is 15.2. The van der Waals surface area contributed by atoms with Gasteiger partial charge in [-0.05, 0) is 53.1 Å². The number of rotatable bonds is 4. The van der Waals surface area contributed by atoms with Crippen LogP contribution in [-0.2, 0) is 11.3 Å². The molecule has 0 aliphatic rings. The average molecular weight is 428 g/mol. The molecular weight excluding hydrogens is 411 g/mol. The molecule has 0 saturated carbocycles. The second kappa shape index (κ2) is 7.73. The number of imidazole rings is 1. The Labute approximate surface area is 181 Å². The fourth-order valence-corrected chi connectivity index (χ4v) is 3.60. The predicted octanol–water partition coefficient (Wildman–Crippen LogP) is 3.69. The van der Waals surface area contributed by atoms with E-state index in [2.05, 4.69) is 9.97 Å². The Morgan fingerprint density at radius 3 is 2.59 bits per heavy atom. The van der Waals surface area contributed by atoms with Crippen molar-refractivity contribution in [2.24, 2.45) is 0 Å². The minimum absolute atomic E-state index is 0.183. The van der Waals surface area contributed by atoms with Crippen LogP contribution in [0.2, 0.25) is 0 Å². The van der Waals surface area contributed by atoms with Crippen molar-refractivity contribution in [2.75, 3.05) is 7.11 Å². The van der Waals surface area contributed by atoms with Gasteiger partial charge in [-0.25, -0.2) is 19.2 Å². The summed E-state index contributed by atoms with van der Waals surface area (Å²) >= 11 is 0. The third-order valence-corrected chi connectivity index (χ3v) is 5.27. The van der Waals surface area contributed by atoms with Gasteiger partial charge in [0.15, 0.2) is 5.69 Å². The molecule has 0 saturated heterocycles. The number of hydrogen-bond donors (Lipinski definition) is 0. The Kier molecular flexibility index (Phi) is 4.74. The summed E-state index contributed by atoms with van der Waals surface area (Å²) in [4.78, 5) is 33.5. The van der Waals surface area contributed by atoms with Crippen LogP contribution in [-0.4, -0.2) is 32.0 Å². The van der Waals surface area contributed by atoms with E-state index in [1.807, 2.05) is 18.3 Å². The lowest BCUT2D eigenvalue weighted by molar-refractivity contribution is 0.0595. The maximum atomic E-state index is 13.2. The average Bonchev–Trinajstić information content (AvgIpc) is 3.25. The van der Waals surface area contributed by atoms with Crippen molar-refractivity contribution in [3.8, 4) is 11.1 Å². The standard InChI is InChI=1S/C24H17FN4O3/c1-32-24(31)21-13-28-12-17(5-9-22(28)27-21)16-4-8-20-19(10-16)23(30)29(14-26-20)11-15-2-6-18(25)7-3-15/h2-10,12-14H,11H2,1H3. The smallest absolute Gasteiger partial charge is 0.358 e. The van der Waals surface area contributed by atoms with Gasteiger partial charge < -0.3 is 9.14 Å². The summed E-state index contributed by atoms with van der Waals surface area (Å²) in [7, 11) is 1.31. The highest BCUT2D eigenvalue weighted by Crippen LogP contribution is 2.23. The molecule has 5 aromatic rings. The van der Waals surface area contributed by atoms with E-state index in [0.29, 0.717) is 23.1 Å². The highest BCUT2D eigenvalue weighted by Gasteiger charge is 2.12. The number of benzene rings is 2. The lowest BCUT2D eigenvalue weighted by atomic mass is 10.1. The van der Waals surface area contributed by atoms with Crippen LogP contribution in [0.1, 0.15) is 16.1 Å². The van der Waals surface area contributed by atoms with Gasteiger partial charge in [-0.15, -0.1) is 0 Å². The molecule has 0 amide bonds. The van der Waals surface area contributed by atoms with Gasteiger partial charge in [-0.2, -0.15) is 0 Å². The third kappa shape index (κ3) is 3.51. The summed E-state index contributed by atoms with van der Waals surface area (Å²) in [6.45, 7) is 0.295. The molecule has 0 fully saturated rings. The van der Waals surface area contributed by atoms with E-state index in [9.17, 15) is 14.0 Å². The maximum absolute atomic E-state index is 13.2. The van der Waals surface area contributed by atoms with Gasteiger partial charge in [0, 0.05) is 12.4 Å². The van der Waals surface area contributed by atoms with Crippen molar-refractivity contribution in [3.63, 3.8) is 0 Å². The summed E-state index contributed by atoms with van der Waals surface area (Å²) in [6.07, 6.45) is 4.94. The van der Waals surface area contributed by atoms with Crippen LogP contribution in [0.25, 0.3) is 27.7 Å². The Morgan fingerprint density at radius 1 is 1.03 bits per heavy atom. The van der Waals surface area contributed by atoms with Crippen molar-refractivity contribution in [3.05, 3.63) is 101 Å². The van der Waals surface area contributed by atoms with E-state index in [-0.39, 0.29) is 17.1 Å². The number of halogens is 1. The summed E-state index contributed by atoms with van der Waals surface area (Å²) in [5.41, 5.74) is 3.71. The van der Waals surface area contributed by atoms with Crippen LogP contribution in [0.5, 0.6) is 0 Å². The number of hydrogen-bond acceptors (Lipinski definition) is 5. The molecule has 0 N–H and O–H groups in total. The molecule has 8 heteroatoms. The van der Waals surface area contributed by atoms with E-state index in [1.54, 1.807) is 40.9 Å². The van der Waals surface area contributed by atoms with E-state index < -0.39 is 5.97 Å². The van der Waals surface area contributed by atoms with Crippen LogP contribution < -0.4 is 5.56 Å². The molecule has 32 heavy (non-hydrogen) atoms. The van der Waals surface area contributed by atoms with Crippen molar-refractivity contribution in [1.29, 1.82) is 0 Å². The highest BCUT2D eigenvalue weighted by atomic mass is 19.1. The number of ether oxygens (including phenoxy) is 1. The summed E-state index contributed by atoms with van der Waals surface area (Å²) in [5, 5.41) is 0.480. The molecule has 7 nitrogen and oxygen atoms in total. The van der Waals surface area contributed by atoms with Crippen LogP contribution in [0.4, 0.5) is 4.39 Å². The second-order valence-electron chi connectivity index (χ2n) is 7.34. The fraction of sp³-hybridized carbons (Fsp3) is 0.0833. The molecule has 0 aliphatic carbocycles. The van der Waals surface area contributed by atoms with Gasteiger partial charge in [0.1, 0.15) is 11.5 Å². The quantitative estimate of drug-likeness (QED) is 0.408. The van der Waals surface area contributed by atoms with Gasteiger partial charge >= 0.3 is 5.97 Å². The molecule has 3 aromatic heterocycles. The zero-order valence-electron chi connectivity index (χ0n) is 17.0. The van der Waals surface area contributed by atoms with Crippen molar-refractivity contribution >= 4 is 22.5 Å². The SMILES string of the molecule is COC(=O)c1cn2cc(-c3ccc4ncn(Cc5ccc(F)cc5)c(=O)c4c3)ccc2n1. The van der Waals surface area contributed by atoms with Crippen LogP contribution in [0.3, 0.4) is 0 Å². The number of pyridine rings is 1. The summed E-state index contributed by atoms with van der Waals surface area (Å²) < 4.78 is 21.1. The van der Waals surface area contributed by atoms with Crippen LogP contribution in [0, 0.1) is 5.82 Å². The molecule has 2 aromatic carbocycles. The van der Waals surface area contributed by atoms with Gasteiger partial charge in [0.05, 0.1) is 30.9 Å². The number of aromatic nitrogens is 4. The Morgan fingerprint density at radius 2 is 1.81 bits per heavy atom. The predicted molar refractivity (Wildman–Crippen MR) is 117 cm³/mol. The largest absolute Gasteiger partial charge is 0.464 e. The van der Waals surface area contributed by atoms with Crippen molar-refractivity contribution in [2.45, 2.75) is 6.54 Å². The van der Waals surface area contributed by atoms with E-state index >= 15 is 0 Å². The minimum Gasteiger partial charge on any atom is -0.464 e. The number of nitrogens with zero attached hydrogens (tertiary/aromatic N) is 4. The number of carbonyl (C=O) groups excluding carboxylic acids is 1. The highest BCUT2D eigenvalue weighted by molar-refractivity contribution is 5.88. The first-order valence-electron chi connectivity index (χ1n) is 9.83. The van der Waals surface area contributed by atoms with Crippen LogP contribution >= 0.6 is 0 Å². The molecule has 5 rings (SSSR count). The number of methoxy groups -OCH3 is 1.